The van der Waals surface area contributed by atoms with Gasteiger partial charge in [0.15, 0.2) is 0 Å². The highest BCUT2D eigenvalue weighted by Crippen LogP contribution is 2.39. The standard InChI is InChI=1S/C20H25N3O5S/c1-4-11(2)28-20(27)16-14-7-5-6-8-15(14)29-18(16)22-17(24)12(3)23-10-13(9-21-23)19(25)26/h9-12H,4-8H2,1-3H3,(H,22,24)(H,25,26). The molecule has 2 aromatic heterocycles. The van der Waals surface area contributed by atoms with Crippen molar-refractivity contribution in [2.45, 2.75) is 65.0 Å². The lowest BCUT2D eigenvalue weighted by Gasteiger charge is -2.16. The van der Waals surface area contributed by atoms with E-state index in [1.807, 2.05) is 13.8 Å². The smallest absolute Gasteiger partial charge is 0.341 e. The van der Waals surface area contributed by atoms with Gasteiger partial charge in [-0.3, -0.25) is 9.48 Å². The van der Waals surface area contributed by atoms with Gasteiger partial charge in [-0.2, -0.15) is 5.10 Å². The molecule has 2 heterocycles. The van der Waals surface area contributed by atoms with E-state index in [1.54, 1.807) is 6.92 Å². The molecular formula is C20H25N3O5S. The molecular weight excluding hydrogens is 394 g/mol. The molecule has 1 aliphatic carbocycles. The van der Waals surface area contributed by atoms with Crippen molar-refractivity contribution in [3.05, 3.63) is 34.0 Å². The zero-order valence-corrected chi connectivity index (χ0v) is 17.5. The third-order valence-electron chi connectivity index (χ3n) is 5.12. The number of thiophene rings is 1. The summed E-state index contributed by atoms with van der Waals surface area (Å²) in [4.78, 5) is 37.8. The van der Waals surface area contributed by atoms with Crippen molar-refractivity contribution in [2.24, 2.45) is 0 Å². The summed E-state index contributed by atoms with van der Waals surface area (Å²) in [5.74, 6) is -1.89. The van der Waals surface area contributed by atoms with E-state index in [0.717, 1.165) is 36.1 Å². The molecule has 156 valence electrons. The van der Waals surface area contributed by atoms with Crippen LogP contribution in [0.25, 0.3) is 0 Å². The number of amides is 1. The minimum absolute atomic E-state index is 0.00839. The second kappa shape index (κ2) is 8.77. The number of fused-ring (bicyclic) bond motifs is 1. The highest BCUT2D eigenvalue weighted by molar-refractivity contribution is 7.17. The van der Waals surface area contributed by atoms with Gasteiger partial charge < -0.3 is 15.2 Å². The molecule has 1 aliphatic rings. The molecule has 2 aromatic rings. The Hall–Kier alpha value is -2.68. The van der Waals surface area contributed by atoms with Gasteiger partial charge in [-0.25, -0.2) is 9.59 Å². The highest BCUT2D eigenvalue weighted by atomic mass is 32.1. The van der Waals surface area contributed by atoms with Crippen molar-refractivity contribution < 1.29 is 24.2 Å². The van der Waals surface area contributed by atoms with Crippen LogP contribution in [0.2, 0.25) is 0 Å². The first-order valence-electron chi connectivity index (χ1n) is 9.75. The SMILES string of the molecule is CCC(C)OC(=O)c1c(NC(=O)C(C)n2cc(C(=O)O)cn2)sc2c1CCCC2. The first-order chi connectivity index (χ1) is 13.8. The van der Waals surface area contributed by atoms with E-state index >= 15 is 0 Å². The van der Waals surface area contributed by atoms with Crippen molar-refractivity contribution in [1.29, 1.82) is 0 Å². The summed E-state index contributed by atoms with van der Waals surface area (Å²) in [5.41, 5.74) is 1.44. The minimum atomic E-state index is -1.11. The summed E-state index contributed by atoms with van der Waals surface area (Å²) in [5, 5.41) is 16.3. The van der Waals surface area contributed by atoms with Crippen LogP contribution in [0.15, 0.2) is 12.4 Å². The summed E-state index contributed by atoms with van der Waals surface area (Å²) < 4.78 is 6.84. The van der Waals surface area contributed by atoms with Gasteiger partial charge in [-0.05, 0) is 51.5 Å². The maximum absolute atomic E-state index is 12.8. The van der Waals surface area contributed by atoms with Crippen LogP contribution in [0.4, 0.5) is 5.00 Å². The zero-order valence-electron chi connectivity index (χ0n) is 16.7. The van der Waals surface area contributed by atoms with Crippen LogP contribution >= 0.6 is 11.3 Å². The van der Waals surface area contributed by atoms with Crippen LogP contribution in [-0.2, 0) is 22.4 Å². The van der Waals surface area contributed by atoms with Gasteiger partial charge >= 0.3 is 11.9 Å². The van der Waals surface area contributed by atoms with Crippen molar-refractivity contribution in [3.63, 3.8) is 0 Å². The van der Waals surface area contributed by atoms with Crippen LogP contribution in [-0.4, -0.2) is 38.8 Å². The van der Waals surface area contributed by atoms with E-state index in [1.165, 1.54) is 28.4 Å². The number of rotatable bonds is 7. The van der Waals surface area contributed by atoms with Gasteiger partial charge in [0.1, 0.15) is 11.0 Å². The number of carboxylic acids is 1. The second-order valence-corrected chi connectivity index (χ2v) is 8.32. The Labute approximate surface area is 172 Å². The number of nitrogens with zero attached hydrogens (tertiary/aromatic N) is 2. The van der Waals surface area contributed by atoms with Gasteiger partial charge in [0.05, 0.1) is 23.4 Å². The third kappa shape index (κ3) is 4.50. The molecule has 0 saturated heterocycles. The number of hydrogen-bond donors (Lipinski definition) is 2. The molecule has 0 aromatic carbocycles. The molecule has 29 heavy (non-hydrogen) atoms. The third-order valence-corrected chi connectivity index (χ3v) is 6.33. The number of anilines is 1. The average molecular weight is 420 g/mol. The molecule has 2 atom stereocenters. The van der Waals surface area contributed by atoms with Crippen LogP contribution in [0.5, 0.6) is 0 Å². The normalized spacial score (nSPS) is 15.3. The van der Waals surface area contributed by atoms with Crippen LogP contribution in [0.3, 0.4) is 0 Å². The molecule has 0 aliphatic heterocycles. The zero-order chi connectivity index (χ0) is 21.1. The van der Waals surface area contributed by atoms with Crippen LogP contribution in [0, 0.1) is 0 Å². The van der Waals surface area contributed by atoms with Crippen LogP contribution < -0.4 is 5.32 Å². The Morgan fingerprint density at radius 3 is 2.69 bits per heavy atom. The fraction of sp³-hybridized carbons (Fsp3) is 0.500. The van der Waals surface area contributed by atoms with E-state index in [4.69, 9.17) is 9.84 Å². The Morgan fingerprint density at radius 1 is 1.31 bits per heavy atom. The summed E-state index contributed by atoms with van der Waals surface area (Å²) in [6, 6.07) is -0.735. The summed E-state index contributed by atoms with van der Waals surface area (Å²) >= 11 is 1.42. The van der Waals surface area contributed by atoms with E-state index in [-0.39, 0.29) is 17.6 Å². The molecule has 2 unspecified atom stereocenters. The Morgan fingerprint density at radius 2 is 2.03 bits per heavy atom. The maximum Gasteiger partial charge on any atom is 0.341 e. The molecule has 2 N–H and O–H groups in total. The predicted molar refractivity (Wildman–Crippen MR) is 109 cm³/mol. The fourth-order valence-corrected chi connectivity index (χ4v) is 4.47. The number of aromatic carboxylic acids is 1. The quantitative estimate of drug-likeness (QED) is 0.663. The Balaban J connectivity index is 1.85. The molecule has 0 radical (unpaired) electrons. The summed E-state index contributed by atoms with van der Waals surface area (Å²) in [7, 11) is 0. The first-order valence-corrected chi connectivity index (χ1v) is 10.6. The molecule has 3 rings (SSSR count). The Bertz CT molecular complexity index is 933. The van der Waals surface area contributed by atoms with Gasteiger partial charge in [0.2, 0.25) is 5.91 Å². The largest absolute Gasteiger partial charge is 0.478 e. The van der Waals surface area contributed by atoms with Crippen molar-refractivity contribution >= 4 is 34.2 Å². The van der Waals surface area contributed by atoms with Crippen molar-refractivity contribution in [1.82, 2.24) is 9.78 Å². The highest BCUT2D eigenvalue weighted by Gasteiger charge is 2.29. The number of esters is 1. The van der Waals surface area contributed by atoms with Crippen molar-refractivity contribution in [2.75, 3.05) is 5.32 Å². The molecule has 0 saturated carbocycles. The van der Waals surface area contributed by atoms with E-state index in [9.17, 15) is 14.4 Å². The summed E-state index contributed by atoms with van der Waals surface area (Å²) in [6.45, 7) is 5.41. The number of nitrogens with one attached hydrogen (secondary N) is 1. The van der Waals surface area contributed by atoms with E-state index in [0.29, 0.717) is 17.0 Å². The number of ether oxygens (including phenoxy) is 1. The minimum Gasteiger partial charge on any atom is -0.478 e. The van der Waals surface area contributed by atoms with E-state index in [2.05, 4.69) is 10.4 Å². The fourth-order valence-electron chi connectivity index (χ4n) is 3.19. The second-order valence-electron chi connectivity index (χ2n) is 7.22. The lowest BCUT2D eigenvalue weighted by molar-refractivity contribution is -0.119. The van der Waals surface area contributed by atoms with Crippen LogP contribution in [0.1, 0.15) is 77.2 Å². The molecule has 8 nitrogen and oxygen atoms in total. The first kappa shape index (κ1) is 21.0. The maximum atomic E-state index is 12.8. The van der Waals surface area contributed by atoms with Gasteiger partial charge in [-0.1, -0.05) is 6.92 Å². The monoisotopic (exact) mass is 419 g/mol. The molecule has 0 fully saturated rings. The predicted octanol–water partition coefficient (Wildman–Crippen LogP) is 3.68. The van der Waals surface area contributed by atoms with Gasteiger partial charge in [0.25, 0.3) is 0 Å². The number of hydrogen-bond acceptors (Lipinski definition) is 6. The molecule has 0 bridgehead atoms. The van der Waals surface area contributed by atoms with Gasteiger partial charge in [0, 0.05) is 11.1 Å². The Kier molecular flexibility index (Phi) is 6.36. The topological polar surface area (TPSA) is 111 Å². The van der Waals surface area contributed by atoms with E-state index < -0.39 is 18.0 Å². The van der Waals surface area contributed by atoms with Crippen molar-refractivity contribution in [3.8, 4) is 0 Å². The average Bonchev–Trinajstić information content (AvgIpc) is 3.31. The molecule has 1 amide bonds. The number of carbonyl (C=O) groups excluding carboxylic acids is 2. The molecule has 0 spiro atoms. The lowest BCUT2D eigenvalue weighted by atomic mass is 9.95. The number of carboxylic acid groups (broad SMARTS) is 1. The van der Waals surface area contributed by atoms with Gasteiger partial charge in [-0.15, -0.1) is 11.3 Å². The summed E-state index contributed by atoms with van der Waals surface area (Å²) in [6.07, 6.45) is 6.75. The lowest BCUT2D eigenvalue weighted by Crippen LogP contribution is -2.25. The number of carbonyl (C=O) groups is 3. The molecule has 9 heteroatoms. The number of aromatic nitrogens is 2. The number of aryl methyl sites for hydroxylation is 1.